The Morgan fingerprint density at radius 1 is 1.38 bits per heavy atom. The number of alkyl halides is 1. The highest BCUT2D eigenvalue weighted by Crippen LogP contribution is 2.38. The van der Waals surface area contributed by atoms with Crippen LogP contribution in [-0.4, -0.2) is 12.0 Å². The van der Waals surface area contributed by atoms with Gasteiger partial charge in [0.25, 0.3) is 0 Å². The number of halogens is 1. The molecule has 0 saturated carbocycles. The van der Waals surface area contributed by atoms with Gasteiger partial charge >= 0.3 is 0 Å². The zero-order chi connectivity index (χ0) is 9.31. The zero-order valence-electron chi connectivity index (χ0n) is 7.66. The summed E-state index contributed by atoms with van der Waals surface area (Å²) in [7, 11) is 0. The quantitative estimate of drug-likeness (QED) is 0.628. The van der Waals surface area contributed by atoms with Crippen LogP contribution in [0.2, 0.25) is 0 Å². The van der Waals surface area contributed by atoms with E-state index in [0.29, 0.717) is 0 Å². The van der Waals surface area contributed by atoms with Crippen molar-refractivity contribution >= 4 is 11.6 Å². The Kier molecular flexibility index (Phi) is 2.31. The van der Waals surface area contributed by atoms with Crippen LogP contribution in [-0.2, 0) is 10.3 Å². The largest absolute Gasteiger partial charge is 0.369 e. The molecule has 70 valence electrons. The molecule has 2 heteroatoms. The maximum atomic E-state index is 6.23. The molecule has 0 bridgehead atoms. The fourth-order valence-corrected chi connectivity index (χ4v) is 2.05. The molecule has 2 rings (SSSR count). The summed E-state index contributed by atoms with van der Waals surface area (Å²) in [6, 6.07) is 10.2. The van der Waals surface area contributed by atoms with Crippen molar-refractivity contribution in [3.8, 4) is 0 Å². The van der Waals surface area contributed by atoms with Crippen LogP contribution in [0.5, 0.6) is 0 Å². The van der Waals surface area contributed by atoms with Crippen LogP contribution in [0.4, 0.5) is 0 Å². The Labute approximate surface area is 83.7 Å². The van der Waals surface area contributed by atoms with E-state index in [2.05, 4.69) is 19.1 Å². The molecule has 0 unspecified atom stereocenters. The maximum absolute atomic E-state index is 6.23. The topological polar surface area (TPSA) is 9.23 Å². The van der Waals surface area contributed by atoms with Crippen molar-refractivity contribution < 1.29 is 4.74 Å². The van der Waals surface area contributed by atoms with Gasteiger partial charge in [0.15, 0.2) is 0 Å². The number of ether oxygens (including phenoxy) is 1. The number of hydrogen-bond donors (Lipinski definition) is 0. The molecule has 1 heterocycles. The predicted octanol–water partition coefficient (Wildman–Crippen LogP) is 2.93. The monoisotopic (exact) mass is 196 g/mol. The third-order valence-electron chi connectivity index (χ3n) is 2.72. The molecule has 1 aliphatic heterocycles. The van der Waals surface area contributed by atoms with Gasteiger partial charge in [-0.3, -0.25) is 0 Å². The van der Waals surface area contributed by atoms with E-state index in [0.717, 1.165) is 13.0 Å². The van der Waals surface area contributed by atoms with Crippen LogP contribution >= 0.6 is 11.6 Å². The lowest BCUT2D eigenvalue weighted by atomic mass is 9.93. The predicted molar refractivity (Wildman–Crippen MR) is 54.0 cm³/mol. The first kappa shape index (κ1) is 9.04. The van der Waals surface area contributed by atoms with E-state index in [4.69, 9.17) is 16.3 Å². The second-order valence-corrected chi connectivity index (χ2v) is 4.10. The standard InChI is InChI=1S/C11H13ClO/c1-11(10(12)7-8-13-11)9-5-3-2-4-6-9/h2-6,10H,7-8H2,1H3/t10-,11+/m0/s1. The summed E-state index contributed by atoms with van der Waals surface area (Å²) in [4.78, 5) is 0. The van der Waals surface area contributed by atoms with Crippen LogP contribution in [0.15, 0.2) is 30.3 Å². The minimum Gasteiger partial charge on any atom is -0.369 e. The van der Waals surface area contributed by atoms with Crippen molar-refractivity contribution in [2.75, 3.05) is 6.61 Å². The molecule has 0 radical (unpaired) electrons. The molecule has 1 fully saturated rings. The maximum Gasteiger partial charge on any atom is 0.107 e. The lowest BCUT2D eigenvalue weighted by Gasteiger charge is -2.27. The van der Waals surface area contributed by atoms with Crippen LogP contribution in [0.3, 0.4) is 0 Å². The molecular weight excluding hydrogens is 184 g/mol. The van der Waals surface area contributed by atoms with Gasteiger partial charge in [0.05, 0.1) is 5.38 Å². The summed E-state index contributed by atoms with van der Waals surface area (Å²) in [6.07, 6.45) is 0.937. The lowest BCUT2D eigenvalue weighted by molar-refractivity contribution is 0.0187. The first-order valence-corrected chi connectivity index (χ1v) is 5.01. The zero-order valence-corrected chi connectivity index (χ0v) is 8.42. The first-order valence-electron chi connectivity index (χ1n) is 4.57. The molecule has 13 heavy (non-hydrogen) atoms. The number of benzene rings is 1. The van der Waals surface area contributed by atoms with Gasteiger partial charge in [-0.15, -0.1) is 11.6 Å². The molecule has 0 N–H and O–H groups in total. The first-order chi connectivity index (χ1) is 6.23. The Hall–Kier alpha value is -0.530. The molecule has 1 aliphatic rings. The highest BCUT2D eigenvalue weighted by Gasteiger charge is 2.40. The normalized spacial score (nSPS) is 33.5. The fraction of sp³-hybridized carbons (Fsp3) is 0.455. The number of rotatable bonds is 1. The van der Waals surface area contributed by atoms with Crippen molar-refractivity contribution in [2.45, 2.75) is 24.3 Å². The Morgan fingerprint density at radius 2 is 2.08 bits per heavy atom. The molecule has 0 aliphatic carbocycles. The summed E-state index contributed by atoms with van der Waals surface area (Å²) >= 11 is 6.23. The van der Waals surface area contributed by atoms with Crippen molar-refractivity contribution in [1.82, 2.24) is 0 Å². The second kappa shape index (κ2) is 3.32. The average Bonchev–Trinajstić information content (AvgIpc) is 2.50. The van der Waals surface area contributed by atoms with E-state index < -0.39 is 0 Å². The van der Waals surface area contributed by atoms with Gasteiger partial charge in [-0.1, -0.05) is 30.3 Å². The van der Waals surface area contributed by atoms with Gasteiger partial charge in [0, 0.05) is 6.61 Å². The molecule has 1 nitrogen and oxygen atoms in total. The van der Waals surface area contributed by atoms with Gasteiger partial charge in [-0.2, -0.15) is 0 Å². The Bertz CT molecular complexity index is 285. The molecule has 1 saturated heterocycles. The van der Waals surface area contributed by atoms with E-state index in [1.165, 1.54) is 5.56 Å². The van der Waals surface area contributed by atoms with E-state index in [-0.39, 0.29) is 11.0 Å². The van der Waals surface area contributed by atoms with Gasteiger partial charge in [0.2, 0.25) is 0 Å². The molecule has 0 aromatic heterocycles. The van der Waals surface area contributed by atoms with Crippen molar-refractivity contribution in [3.05, 3.63) is 35.9 Å². The third kappa shape index (κ3) is 1.47. The minimum atomic E-state index is -0.289. The van der Waals surface area contributed by atoms with Crippen LogP contribution in [0.25, 0.3) is 0 Å². The Balaban J connectivity index is 2.34. The molecule has 1 aromatic rings. The summed E-state index contributed by atoms with van der Waals surface area (Å²) in [6.45, 7) is 2.83. The highest BCUT2D eigenvalue weighted by molar-refractivity contribution is 6.21. The lowest BCUT2D eigenvalue weighted by Crippen LogP contribution is -2.29. The molecule has 2 atom stereocenters. The van der Waals surface area contributed by atoms with Gasteiger partial charge in [-0.25, -0.2) is 0 Å². The number of hydrogen-bond acceptors (Lipinski definition) is 1. The van der Waals surface area contributed by atoms with Crippen molar-refractivity contribution in [1.29, 1.82) is 0 Å². The highest BCUT2D eigenvalue weighted by atomic mass is 35.5. The average molecular weight is 197 g/mol. The summed E-state index contributed by atoms with van der Waals surface area (Å²) < 4.78 is 5.71. The van der Waals surface area contributed by atoms with Crippen LogP contribution in [0, 0.1) is 0 Å². The van der Waals surface area contributed by atoms with E-state index >= 15 is 0 Å². The molecule has 1 aromatic carbocycles. The summed E-state index contributed by atoms with van der Waals surface area (Å²) in [5, 5.41) is 0.0925. The van der Waals surface area contributed by atoms with E-state index in [1.54, 1.807) is 0 Å². The molecular formula is C11H13ClO. The Morgan fingerprint density at radius 3 is 2.62 bits per heavy atom. The van der Waals surface area contributed by atoms with Crippen molar-refractivity contribution in [2.24, 2.45) is 0 Å². The van der Waals surface area contributed by atoms with E-state index in [1.807, 2.05) is 18.2 Å². The SMILES string of the molecule is C[C@]1(c2ccccc2)OCC[C@@H]1Cl. The molecule has 0 spiro atoms. The fourth-order valence-electron chi connectivity index (χ4n) is 1.77. The van der Waals surface area contributed by atoms with Crippen LogP contribution in [0.1, 0.15) is 18.9 Å². The summed E-state index contributed by atoms with van der Waals surface area (Å²) in [5.74, 6) is 0. The van der Waals surface area contributed by atoms with Crippen molar-refractivity contribution in [3.63, 3.8) is 0 Å². The van der Waals surface area contributed by atoms with E-state index in [9.17, 15) is 0 Å². The minimum absolute atomic E-state index is 0.0925. The molecule has 0 amide bonds. The van der Waals surface area contributed by atoms with Gasteiger partial charge in [0.1, 0.15) is 5.60 Å². The smallest absolute Gasteiger partial charge is 0.107 e. The second-order valence-electron chi connectivity index (χ2n) is 3.58. The third-order valence-corrected chi connectivity index (χ3v) is 3.35. The summed E-state index contributed by atoms with van der Waals surface area (Å²) in [5.41, 5.74) is 0.885. The van der Waals surface area contributed by atoms with Crippen LogP contribution < -0.4 is 0 Å². The van der Waals surface area contributed by atoms with Gasteiger partial charge in [-0.05, 0) is 18.9 Å². The van der Waals surface area contributed by atoms with Gasteiger partial charge < -0.3 is 4.74 Å².